The molecule has 0 saturated heterocycles. The molecule has 1 saturated carbocycles. The molecule has 0 radical (unpaired) electrons. The number of nitrogens with one attached hydrogen (secondary N) is 2. The third-order valence-corrected chi connectivity index (χ3v) is 2.67. The smallest absolute Gasteiger partial charge is 0.293 e. The molecule has 0 aromatic carbocycles. The van der Waals surface area contributed by atoms with Gasteiger partial charge >= 0.3 is 0 Å². The van der Waals surface area contributed by atoms with Crippen molar-refractivity contribution in [3.63, 3.8) is 0 Å². The summed E-state index contributed by atoms with van der Waals surface area (Å²) in [7, 11) is 1.73. The van der Waals surface area contributed by atoms with Crippen LogP contribution < -0.4 is 16.2 Å². The van der Waals surface area contributed by atoms with E-state index in [0.717, 1.165) is 25.6 Å². The number of hydrogen-bond donors (Lipinski definition) is 2. The first kappa shape index (κ1) is 11.1. The number of hydrogen-bond acceptors (Lipinski definition) is 4. The molecule has 0 unspecified atom stereocenters. The van der Waals surface area contributed by atoms with Crippen LogP contribution in [-0.2, 0) is 7.05 Å². The highest BCUT2D eigenvalue weighted by Gasteiger charge is 2.19. The zero-order valence-corrected chi connectivity index (χ0v) is 9.57. The van der Waals surface area contributed by atoms with Crippen molar-refractivity contribution < 1.29 is 0 Å². The van der Waals surface area contributed by atoms with E-state index < -0.39 is 0 Å². The molecule has 1 fully saturated rings. The van der Waals surface area contributed by atoms with E-state index in [4.69, 9.17) is 0 Å². The van der Waals surface area contributed by atoms with Crippen LogP contribution in [-0.4, -0.2) is 28.7 Å². The summed E-state index contributed by atoms with van der Waals surface area (Å²) in [6.07, 6.45) is 6.92. The molecule has 0 aliphatic heterocycles. The van der Waals surface area contributed by atoms with Crippen LogP contribution in [0.4, 0.5) is 5.82 Å². The summed E-state index contributed by atoms with van der Waals surface area (Å²) in [6, 6.07) is 0.753. The van der Waals surface area contributed by atoms with Gasteiger partial charge in [-0.05, 0) is 25.8 Å². The molecule has 5 nitrogen and oxygen atoms in total. The summed E-state index contributed by atoms with van der Waals surface area (Å²) in [5, 5.41) is 6.49. The SMILES string of the molecule is Cn1ccnc(NCCCNC2CC2)c1=O. The van der Waals surface area contributed by atoms with Gasteiger partial charge in [-0.25, -0.2) is 4.98 Å². The van der Waals surface area contributed by atoms with Gasteiger partial charge in [-0.15, -0.1) is 0 Å². The second-order valence-electron chi connectivity index (χ2n) is 4.20. The topological polar surface area (TPSA) is 59.0 Å². The molecule has 88 valence electrons. The third kappa shape index (κ3) is 3.06. The van der Waals surface area contributed by atoms with E-state index in [-0.39, 0.29) is 5.56 Å². The van der Waals surface area contributed by atoms with E-state index in [1.54, 1.807) is 19.4 Å². The van der Waals surface area contributed by atoms with Gasteiger partial charge in [0.1, 0.15) is 0 Å². The van der Waals surface area contributed by atoms with Crippen molar-refractivity contribution in [1.82, 2.24) is 14.9 Å². The fourth-order valence-electron chi connectivity index (χ4n) is 1.51. The van der Waals surface area contributed by atoms with Crippen molar-refractivity contribution in [3.05, 3.63) is 22.7 Å². The number of rotatable bonds is 6. The van der Waals surface area contributed by atoms with Crippen LogP contribution in [0.5, 0.6) is 0 Å². The Labute approximate surface area is 94.9 Å². The third-order valence-electron chi connectivity index (χ3n) is 2.67. The fraction of sp³-hybridized carbons (Fsp3) is 0.636. The van der Waals surface area contributed by atoms with Gasteiger partial charge in [-0.3, -0.25) is 4.79 Å². The lowest BCUT2D eigenvalue weighted by atomic mass is 10.4. The lowest BCUT2D eigenvalue weighted by Gasteiger charge is -2.06. The molecule has 1 heterocycles. The van der Waals surface area contributed by atoms with Crippen molar-refractivity contribution >= 4 is 5.82 Å². The molecule has 0 amide bonds. The van der Waals surface area contributed by atoms with Gasteiger partial charge in [0.25, 0.3) is 5.56 Å². The maximum absolute atomic E-state index is 11.6. The first-order valence-electron chi connectivity index (χ1n) is 5.76. The molecule has 2 rings (SSSR count). The predicted octanol–water partition coefficient (Wildman–Crippen LogP) is 0.334. The van der Waals surface area contributed by atoms with Gasteiger partial charge in [-0.2, -0.15) is 0 Å². The lowest BCUT2D eigenvalue weighted by molar-refractivity contribution is 0.658. The Hall–Kier alpha value is -1.36. The van der Waals surface area contributed by atoms with E-state index in [2.05, 4.69) is 15.6 Å². The van der Waals surface area contributed by atoms with Gasteiger partial charge in [0.15, 0.2) is 5.82 Å². The molecule has 1 aliphatic rings. The van der Waals surface area contributed by atoms with E-state index >= 15 is 0 Å². The summed E-state index contributed by atoms with van der Waals surface area (Å²) in [6.45, 7) is 1.79. The summed E-state index contributed by atoms with van der Waals surface area (Å²) < 4.78 is 1.53. The van der Waals surface area contributed by atoms with Crippen LogP contribution in [0.1, 0.15) is 19.3 Å². The molecule has 0 bridgehead atoms. The van der Waals surface area contributed by atoms with Crippen LogP contribution in [0.3, 0.4) is 0 Å². The maximum Gasteiger partial charge on any atom is 0.293 e. The van der Waals surface area contributed by atoms with Gasteiger partial charge in [0, 0.05) is 32.0 Å². The van der Waals surface area contributed by atoms with Gasteiger partial charge in [0.05, 0.1) is 0 Å². The fourth-order valence-corrected chi connectivity index (χ4v) is 1.51. The van der Waals surface area contributed by atoms with Gasteiger partial charge in [-0.1, -0.05) is 0 Å². The van der Waals surface area contributed by atoms with E-state index in [9.17, 15) is 4.79 Å². The number of nitrogens with zero attached hydrogens (tertiary/aromatic N) is 2. The second-order valence-corrected chi connectivity index (χ2v) is 4.20. The van der Waals surface area contributed by atoms with Crippen LogP contribution >= 0.6 is 0 Å². The molecule has 1 aromatic rings. The number of aromatic nitrogens is 2. The molecule has 5 heteroatoms. The van der Waals surface area contributed by atoms with Gasteiger partial charge in [0.2, 0.25) is 0 Å². The van der Waals surface area contributed by atoms with E-state index in [1.165, 1.54) is 17.4 Å². The molecule has 16 heavy (non-hydrogen) atoms. The summed E-state index contributed by atoms with van der Waals surface area (Å²) >= 11 is 0. The normalized spacial score (nSPS) is 15.1. The lowest BCUT2D eigenvalue weighted by Crippen LogP contribution is -2.24. The summed E-state index contributed by atoms with van der Waals surface area (Å²) in [5.74, 6) is 0.441. The monoisotopic (exact) mass is 222 g/mol. The molecule has 0 spiro atoms. The van der Waals surface area contributed by atoms with Crippen molar-refractivity contribution in [2.24, 2.45) is 7.05 Å². The van der Waals surface area contributed by atoms with E-state index in [1.807, 2.05) is 0 Å². The Morgan fingerprint density at radius 1 is 1.50 bits per heavy atom. The molecule has 1 aliphatic carbocycles. The second kappa shape index (κ2) is 5.12. The van der Waals surface area contributed by atoms with Crippen molar-refractivity contribution in [3.8, 4) is 0 Å². The average Bonchev–Trinajstić information content (AvgIpc) is 3.07. The minimum absolute atomic E-state index is 0.0716. The Kier molecular flexibility index (Phi) is 3.56. The summed E-state index contributed by atoms with van der Waals surface area (Å²) in [5.41, 5.74) is -0.0716. The molecular weight excluding hydrogens is 204 g/mol. The molecule has 1 aromatic heterocycles. The first-order valence-corrected chi connectivity index (χ1v) is 5.76. The minimum Gasteiger partial charge on any atom is -0.365 e. The zero-order chi connectivity index (χ0) is 11.4. The van der Waals surface area contributed by atoms with Crippen LogP contribution in [0.15, 0.2) is 17.2 Å². The van der Waals surface area contributed by atoms with Crippen molar-refractivity contribution in [2.45, 2.75) is 25.3 Å². The Bertz CT molecular complexity index is 397. The highest BCUT2D eigenvalue weighted by atomic mass is 16.1. The first-order chi connectivity index (χ1) is 7.77. The van der Waals surface area contributed by atoms with Crippen LogP contribution in [0, 0.1) is 0 Å². The molecular formula is C11H18N4O. The average molecular weight is 222 g/mol. The summed E-state index contributed by atoms with van der Waals surface area (Å²) in [4.78, 5) is 15.6. The largest absolute Gasteiger partial charge is 0.365 e. The highest BCUT2D eigenvalue weighted by Crippen LogP contribution is 2.18. The Balaban J connectivity index is 1.71. The maximum atomic E-state index is 11.6. The van der Waals surface area contributed by atoms with E-state index in [0.29, 0.717) is 5.82 Å². The number of aryl methyl sites for hydroxylation is 1. The van der Waals surface area contributed by atoms with Crippen molar-refractivity contribution in [2.75, 3.05) is 18.4 Å². The zero-order valence-electron chi connectivity index (χ0n) is 9.57. The van der Waals surface area contributed by atoms with Gasteiger partial charge < -0.3 is 15.2 Å². The van der Waals surface area contributed by atoms with Crippen LogP contribution in [0.25, 0.3) is 0 Å². The Morgan fingerprint density at radius 3 is 3.06 bits per heavy atom. The molecule has 0 atom stereocenters. The molecule has 2 N–H and O–H groups in total. The minimum atomic E-state index is -0.0716. The number of anilines is 1. The standard InChI is InChI=1S/C11H18N4O/c1-15-8-7-14-10(11(15)16)13-6-2-5-12-9-3-4-9/h7-9,12H,2-6H2,1H3,(H,13,14). The predicted molar refractivity (Wildman–Crippen MR) is 63.6 cm³/mol. The quantitative estimate of drug-likeness (QED) is 0.681. The Morgan fingerprint density at radius 2 is 2.31 bits per heavy atom. The van der Waals surface area contributed by atoms with Crippen molar-refractivity contribution in [1.29, 1.82) is 0 Å². The van der Waals surface area contributed by atoms with Crippen LogP contribution in [0.2, 0.25) is 0 Å². The highest BCUT2D eigenvalue weighted by molar-refractivity contribution is 5.30.